The Kier molecular flexibility index (Phi) is 2.91. The molecule has 0 unspecified atom stereocenters. The van der Waals surface area contributed by atoms with Gasteiger partial charge in [-0.2, -0.15) is 0 Å². The van der Waals surface area contributed by atoms with Crippen molar-refractivity contribution in [2.24, 2.45) is 0 Å². The average molecular weight is 225 g/mol. The molecule has 0 saturated carbocycles. The number of aryl methyl sites for hydroxylation is 1. The predicted molar refractivity (Wildman–Crippen MR) is 58.6 cm³/mol. The first-order chi connectivity index (χ1) is 7.15. The van der Waals surface area contributed by atoms with Gasteiger partial charge in [0.15, 0.2) is 0 Å². The first-order valence-corrected chi connectivity index (χ1v) is 5.44. The number of carbonyl (C=O) groups excluding carboxylic acids is 1. The van der Waals surface area contributed by atoms with E-state index in [0.717, 1.165) is 24.2 Å². The zero-order valence-electron chi connectivity index (χ0n) is 8.66. The van der Waals surface area contributed by atoms with Crippen molar-refractivity contribution >= 4 is 17.5 Å². The number of likely N-dealkylation sites (tertiary alicyclic amines) is 1. The summed E-state index contributed by atoms with van der Waals surface area (Å²) in [4.78, 5) is 17.4. The number of pyridine rings is 1. The quantitative estimate of drug-likeness (QED) is 0.722. The molecular weight excluding hydrogens is 212 g/mol. The number of rotatable bonds is 2. The normalized spacial score (nSPS) is 16.1. The van der Waals surface area contributed by atoms with E-state index in [1.54, 1.807) is 0 Å². The third-order valence-electron chi connectivity index (χ3n) is 2.53. The number of aromatic nitrogens is 1. The summed E-state index contributed by atoms with van der Waals surface area (Å²) in [5.41, 5.74) is 1.95. The van der Waals surface area contributed by atoms with Gasteiger partial charge in [-0.25, -0.2) is 4.98 Å². The molecule has 0 radical (unpaired) electrons. The highest BCUT2D eigenvalue weighted by atomic mass is 35.5. The molecule has 4 heteroatoms. The van der Waals surface area contributed by atoms with Crippen molar-refractivity contribution in [3.8, 4) is 0 Å². The molecule has 0 atom stereocenters. The van der Waals surface area contributed by atoms with Crippen LogP contribution >= 0.6 is 11.6 Å². The molecule has 15 heavy (non-hydrogen) atoms. The third kappa shape index (κ3) is 2.48. The van der Waals surface area contributed by atoms with E-state index >= 15 is 0 Å². The van der Waals surface area contributed by atoms with Gasteiger partial charge < -0.3 is 4.90 Å². The molecule has 1 aliphatic heterocycles. The van der Waals surface area contributed by atoms with E-state index in [9.17, 15) is 4.79 Å². The summed E-state index contributed by atoms with van der Waals surface area (Å²) >= 11 is 5.86. The summed E-state index contributed by atoms with van der Waals surface area (Å²) in [5, 5.41) is 0.497. The lowest BCUT2D eigenvalue weighted by Gasteiger charge is -2.15. The number of hydrogen-bond acceptors (Lipinski definition) is 2. The second kappa shape index (κ2) is 4.19. The van der Waals surface area contributed by atoms with Gasteiger partial charge in [-0.1, -0.05) is 11.6 Å². The fraction of sp³-hybridized carbons (Fsp3) is 0.455. The maximum atomic E-state index is 11.4. The molecule has 0 spiro atoms. The highest BCUT2D eigenvalue weighted by Gasteiger charge is 2.20. The van der Waals surface area contributed by atoms with Gasteiger partial charge in [0.2, 0.25) is 5.91 Å². The van der Waals surface area contributed by atoms with E-state index in [1.807, 2.05) is 24.0 Å². The Hall–Kier alpha value is -1.09. The number of carbonyl (C=O) groups is 1. The Morgan fingerprint density at radius 2 is 2.33 bits per heavy atom. The van der Waals surface area contributed by atoms with Crippen LogP contribution in [0.25, 0.3) is 0 Å². The third-order valence-corrected chi connectivity index (χ3v) is 2.72. The maximum Gasteiger partial charge on any atom is 0.222 e. The summed E-state index contributed by atoms with van der Waals surface area (Å²) < 4.78 is 0. The summed E-state index contributed by atoms with van der Waals surface area (Å²) in [5.74, 6) is 0.237. The van der Waals surface area contributed by atoms with Gasteiger partial charge in [0, 0.05) is 25.2 Å². The standard InChI is InChI=1S/C11H13ClN2O/c1-8-5-9(6-10(12)13-8)7-14-4-2-3-11(14)15/h5-6H,2-4,7H2,1H3. The molecule has 0 N–H and O–H groups in total. The topological polar surface area (TPSA) is 33.2 Å². The van der Waals surface area contributed by atoms with Crippen LogP contribution in [-0.4, -0.2) is 22.3 Å². The average Bonchev–Trinajstić information content (AvgIpc) is 2.50. The second-order valence-electron chi connectivity index (χ2n) is 3.86. The van der Waals surface area contributed by atoms with Crippen LogP contribution in [-0.2, 0) is 11.3 Å². The summed E-state index contributed by atoms with van der Waals surface area (Å²) in [7, 11) is 0. The zero-order valence-corrected chi connectivity index (χ0v) is 9.42. The monoisotopic (exact) mass is 224 g/mol. The van der Waals surface area contributed by atoms with E-state index in [0.29, 0.717) is 18.1 Å². The lowest BCUT2D eigenvalue weighted by molar-refractivity contribution is -0.128. The number of halogens is 1. The Morgan fingerprint density at radius 3 is 2.93 bits per heavy atom. The minimum atomic E-state index is 0.237. The van der Waals surface area contributed by atoms with Crippen LogP contribution in [0.4, 0.5) is 0 Å². The molecule has 1 aromatic rings. The van der Waals surface area contributed by atoms with Gasteiger partial charge in [-0.05, 0) is 31.0 Å². The molecular formula is C11H13ClN2O. The number of nitrogens with zero attached hydrogens (tertiary/aromatic N) is 2. The SMILES string of the molecule is Cc1cc(CN2CCCC2=O)cc(Cl)n1. The Morgan fingerprint density at radius 1 is 1.53 bits per heavy atom. The lowest BCUT2D eigenvalue weighted by Crippen LogP contribution is -2.23. The van der Waals surface area contributed by atoms with E-state index in [-0.39, 0.29) is 5.91 Å². The van der Waals surface area contributed by atoms with Crippen LogP contribution in [0.1, 0.15) is 24.1 Å². The maximum absolute atomic E-state index is 11.4. The van der Waals surface area contributed by atoms with Crippen molar-refractivity contribution < 1.29 is 4.79 Å². The molecule has 1 saturated heterocycles. The largest absolute Gasteiger partial charge is 0.338 e. The van der Waals surface area contributed by atoms with Crippen molar-refractivity contribution in [2.75, 3.05) is 6.54 Å². The van der Waals surface area contributed by atoms with Crippen molar-refractivity contribution in [1.82, 2.24) is 9.88 Å². The molecule has 2 heterocycles. The fourth-order valence-electron chi connectivity index (χ4n) is 1.88. The van der Waals surface area contributed by atoms with Crippen LogP contribution in [0.15, 0.2) is 12.1 Å². The zero-order chi connectivity index (χ0) is 10.8. The van der Waals surface area contributed by atoms with Crippen LogP contribution in [0, 0.1) is 6.92 Å². The Labute approximate surface area is 94.1 Å². The van der Waals surface area contributed by atoms with Gasteiger partial charge >= 0.3 is 0 Å². The smallest absolute Gasteiger partial charge is 0.222 e. The van der Waals surface area contributed by atoms with Crippen LogP contribution in [0.3, 0.4) is 0 Å². The van der Waals surface area contributed by atoms with Gasteiger partial charge in [0.25, 0.3) is 0 Å². The number of hydrogen-bond donors (Lipinski definition) is 0. The molecule has 0 aromatic carbocycles. The van der Waals surface area contributed by atoms with E-state index in [2.05, 4.69) is 4.98 Å². The highest BCUT2D eigenvalue weighted by molar-refractivity contribution is 6.29. The highest BCUT2D eigenvalue weighted by Crippen LogP contribution is 2.16. The molecule has 1 fully saturated rings. The van der Waals surface area contributed by atoms with Gasteiger partial charge in [-0.3, -0.25) is 4.79 Å². The number of amides is 1. The molecule has 1 aliphatic rings. The molecule has 80 valence electrons. The summed E-state index contributed by atoms with van der Waals surface area (Å²) in [6.07, 6.45) is 1.65. The fourth-order valence-corrected chi connectivity index (χ4v) is 2.15. The van der Waals surface area contributed by atoms with E-state index in [1.165, 1.54) is 0 Å². The first-order valence-electron chi connectivity index (χ1n) is 5.06. The van der Waals surface area contributed by atoms with Gasteiger partial charge in [0.05, 0.1) is 0 Å². The summed E-state index contributed by atoms with van der Waals surface area (Å²) in [6, 6.07) is 3.79. The Balaban J connectivity index is 2.13. The van der Waals surface area contributed by atoms with Crippen LogP contribution in [0.2, 0.25) is 5.15 Å². The second-order valence-corrected chi connectivity index (χ2v) is 4.25. The molecule has 2 rings (SSSR count). The van der Waals surface area contributed by atoms with Gasteiger partial charge in [0.1, 0.15) is 5.15 Å². The van der Waals surface area contributed by atoms with Crippen LogP contribution < -0.4 is 0 Å². The minimum absolute atomic E-state index is 0.237. The lowest BCUT2D eigenvalue weighted by atomic mass is 10.2. The molecule has 0 aliphatic carbocycles. The predicted octanol–water partition coefficient (Wildman–Crippen LogP) is 2.17. The summed E-state index contributed by atoms with van der Waals surface area (Å²) in [6.45, 7) is 3.42. The van der Waals surface area contributed by atoms with Crippen LogP contribution in [0.5, 0.6) is 0 Å². The van der Waals surface area contributed by atoms with E-state index < -0.39 is 0 Å². The molecule has 1 aromatic heterocycles. The Bertz CT molecular complexity index is 372. The van der Waals surface area contributed by atoms with E-state index in [4.69, 9.17) is 11.6 Å². The van der Waals surface area contributed by atoms with Crippen molar-refractivity contribution in [1.29, 1.82) is 0 Å². The molecule has 1 amide bonds. The van der Waals surface area contributed by atoms with Gasteiger partial charge in [-0.15, -0.1) is 0 Å². The van der Waals surface area contributed by atoms with Crippen molar-refractivity contribution in [2.45, 2.75) is 26.3 Å². The molecule has 3 nitrogen and oxygen atoms in total. The first kappa shape index (κ1) is 10.4. The van der Waals surface area contributed by atoms with Crippen molar-refractivity contribution in [3.05, 3.63) is 28.5 Å². The van der Waals surface area contributed by atoms with Crippen molar-refractivity contribution in [3.63, 3.8) is 0 Å². The minimum Gasteiger partial charge on any atom is -0.338 e. The molecule has 0 bridgehead atoms.